The lowest BCUT2D eigenvalue weighted by Crippen LogP contribution is -2.57. The third-order valence-corrected chi connectivity index (χ3v) is 4.71. The maximum absolute atomic E-state index is 10.5. The summed E-state index contributed by atoms with van der Waals surface area (Å²) in [4.78, 5) is 2.42. The Morgan fingerprint density at radius 1 is 1.35 bits per heavy atom. The van der Waals surface area contributed by atoms with Crippen LogP contribution in [0.25, 0.3) is 0 Å². The number of rotatable bonds is 6. The molecule has 2 aliphatic rings. The molecule has 0 bridgehead atoms. The highest BCUT2D eigenvalue weighted by atomic mass is 16.5. The minimum atomic E-state index is -0.189. The van der Waals surface area contributed by atoms with Crippen LogP contribution >= 0.6 is 0 Å². The Morgan fingerprint density at radius 3 is 2.53 bits per heavy atom. The van der Waals surface area contributed by atoms with E-state index in [1.807, 2.05) is 0 Å². The third kappa shape index (κ3) is 3.21. The van der Waals surface area contributed by atoms with Gasteiger partial charge in [-0.2, -0.15) is 0 Å². The van der Waals surface area contributed by atoms with Crippen LogP contribution in [-0.4, -0.2) is 48.0 Å². The summed E-state index contributed by atoms with van der Waals surface area (Å²) >= 11 is 0. The van der Waals surface area contributed by atoms with E-state index in [0.717, 1.165) is 45.1 Å². The molecule has 2 fully saturated rings. The van der Waals surface area contributed by atoms with Gasteiger partial charge < -0.3 is 9.84 Å². The molecule has 0 aromatic carbocycles. The van der Waals surface area contributed by atoms with Crippen molar-refractivity contribution >= 4 is 0 Å². The minimum Gasteiger partial charge on any atom is -0.391 e. The van der Waals surface area contributed by atoms with Gasteiger partial charge >= 0.3 is 0 Å². The molecule has 0 amide bonds. The van der Waals surface area contributed by atoms with E-state index in [-0.39, 0.29) is 11.6 Å². The van der Waals surface area contributed by atoms with Crippen molar-refractivity contribution in [2.75, 3.05) is 26.3 Å². The lowest BCUT2D eigenvalue weighted by molar-refractivity contribution is -0.0747. The zero-order chi connectivity index (χ0) is 12.3. The molecule has 3 nitrogen and oxygen atoms in total. The molecule has 0 spiro atoms. The molecule has 0 aromatic heterocycles. The van der Waals surface area contributed by atoms with Crippen molar-refractivity contribution in [2.24, 2.45) is 5.92 Å². The fraction of sp³-hybridized carbons (Fsp3) is 1.00. The summed E-state index contributed by atoms with van der Waals surface area (Å²) in [6.45, 7) is 7.96. The summed E-state index contributed by atoms with van der Waals surface area (Å²) < 4.78 is 5.40. The molecule has 2 unspecified atom stereocenters. The molecule has 1 saturated carbocycles. The molecular weight excluding hydrogens is 214 g/mol. The lowest BCUT2D eigenvalue weighted by Gasteiger charge is -2.46. The summed E-state index contributed by atoms with van der Waals surface area (Å²) in [5, 5.41) is 10.5. The van der Waals surface area contributed by atoms with Crippen LogP contribution in [0.5, 0.6) is 0 Å². The molecule has 1 aliphatic heterocycles. The number of ether oxygens (including phenoxy) is 1. The summed E-state index contributed by atoms with van der Waals surface area (Å²) in [7, 11) is 0. The second-order valence-corrected chi connectivity index (χ2v) is 5.85. The molecule has 1 aliphatic carbocycles. The second-order valence-electron chi connectivity index (χ2n) is 5.85. The van der Waals surface area contributed by atoms with Gasteiger partial charge in [0.15, 0.2) is 0 Å². The average Bonchev–Trinajstić information content (AvgIpc) is 3.20. The lowest BCUT2D eigenvalue weighted by atomic mass is 9.86. The smallest absolute Gasteiger partial charge is 0.0721 e. The van der Waals surface area contributed by atoms with E-state index < -0.39 is 0 Å². The topological polar surface area (TPSA) is 32.7 Å². The highest BCUT2D eigenvalue weighted by Gasteiger charge is 2.38. The first kappa shape index (κ1) is 13.3. The monoisotopic (exact) mass is 241 g/mol. The van der Waals surface area contributed by atoms with Crippen LogP contribution in [-0.2, 0) is 4.74 Å². The first-order chi connectivity index (χ1) is 8.16. The Labute approximate surface area is 105 Å². The van der Waals surface area contributed by atoms with Gasteiger partial charge in [-0.15, -0.1) is 0 Å². The Kier molecular flexibility index (Phi) is 4.45. The van der Waals surface area contributed by atoms with Crippen molar-refractivity contribution in [2.45, 2.75) is 57.6 Å². The second kappa shape index (κ2) is 5.68. The summed E-state index contributed by atoms with van der Waals surface area (Å²) in [5.74, 6) is 0.912. The predicted molar refractivity (Wildman–Crippen MR) is 69.1 cm³/mol. The van der Waals surface area contributed by atoms with Crippen LogP contribution in [0.2, 0.25) is 0 Å². The minimum absolute atomic E-state index is 0.0569. The number of hydrogen-bond donors (Lipinski definition) is 1. The van der Waals surface area contributed by atoms with E-state index in [9.17, 15) is 5.11 Å². The molecule has 0 aromatic rings. The van der Waals surface area contributed by atoms with Crippen molar-refractivity contribution in [1.82, 2.24) is 4.90 Å². The molecule has 17 heavy (non-hydrogen) atoms. The first-order valence-corrected chi connectivity index (χ1v) is 7.17. The van der Waals surface area contributed by atoms with E-state index in [1.54, 1.807) is 0 Å². The van der Waals surface area contributed by atoms with Gasteiger partial charge in [-0.3, -0.25) is 4.90 Å². The fourth-order valence-corrected chi connectivity index (χ4v) is 2.86. The van der Waals surface area contributed by atoms with Gasteiger partial charge in [0.2, 0.25) is 0 Å². The number of aliphatic hydroxyl groups is 1. The van der Waals surface area contributed by atoms with Crippen molar-refractivity contribution in [1.29, 1.82) is 0 Å². The van der Waals surface area contributed by atoms with E-state index in [0.29, 0.717) is 0 Å². The van der Waals surface area contributed by atoms with Crippen molar-refractivity contribution in [3.05, 3.63) is 0 Å². The van der Waals surface area contributed by atoms with Crippen LogP contribution in [0.1, 0.15) is 46.0 Å². The van der Waals surface area contributed by atoms with E-state index >= 15 is 0 Å². The largest absolute Gasteiger partial charge is 0.391 e. The molecule has 2 atom stereocenters. The third-order valence-electron chi connectivity index (χ3n) is 4.71. The molecule has 1 heterocycles. The highest BCUT2D eigenvalue weighted by molar-refractivity contribution is 4.93. The molecule has 1 saturated heterocycles. The molecule has 0 radical (unpaired) electrons. The Hall–Kier alpha value is -0.120. The van der Waals surface area contributed by atoms with Crippen molar-refractivity contribution in [3.63, 3.8) is 0 Å². The van der Waals surface area contributed by atoms with Crippen LogP contribution in [0.3, 0.4) is 0 Å². The van der Waals surface area contributed by atoms with Gasteiger partial charge in [0.1, 0.15) is 0 Å². The van der Waals surface area contributed by atoms with Crippen LogP contribution in [0.15, 0.2) is 0 Å². The standard InChI is InChI=1S/C14H27NO2/c1-3-14(2,15-8-10-17-11-9-15)13(16)7-6-12-4-5-12/h12-13,16H,3-11H2,1-2H3. The number of morpholine rings is 1. The van der Waals surface area contributed by atoms with E-state index in [4.69, 9.17) is 4.74 Å². The van der Waals surface area contributed by atoms with Gasteiger partial charge in [0.05, 0.1) is 19.3 Å². The van der Waals surface area contributed by atoms with Gasteiger partial charge in [-0.1, -0.05) is 19.8 Å². The quantitative estimate of drug-likeness (QED) is 0.772. The normalized spacial score (nSPS) is 27.7. The molecule has 1 N–H and O–H groups in total. The average molecular weight is 241 g/mol. The first-order valence-electron chi connectivity index (χ1n) is 7.17. The highest BCUT2D eigenvalue weighted by Crippen LogP contribution is 2.36. The van der Waals surface area contributed by atoms with Gasteiger partial charge in [-0.25, -0.2) is 0 Å². The molecule has 3 heteroatoms. The summed E-state index contributed by atoms with van der Waals surface area (Å²) in [5.41, 5.74) is -0.0569. The van der Waals surface area contributed by atoms with Crippen LogP contribution in [0, 0.1) is 5.92 Å². The zero-order valence-electron chi connectivity index (χ0n) is 11.3. The van der Waals surface area contributed by atoms with Gasteiger partial charge in [-0.05, 0) is 32.1 Å². The van der Waals surface area contributed by atoms with Crippen molar-refractivity contribution in [3.8, 4) is 0 Å². The van der Waals surface area contributed by atoms with Crippen LogP contribution in [0.4, 0.5) is 0 Å². The summed E-state index contributed by atoms with van der Waals surface area (Å²) in [6.07, 6.45) is 5.76. The zero-order valence-corrected chi connectivity index (χ0v) is 11.3. The van der Waals surface area contributed by atoms with Crippen molar-refractivity contribution < 1.29 is 9.84 Å². The van der Waals surface area contributed by atoms with Gasteiger partial charge in [0.25, 0.3) is 0 Å². The maximum Gasteiger partial charge on any atom is 0.0721 e. The number of aliphatic hydroxyl groups excluding tert-OH is 1. The SMILES string of the molecule is CCC(C)(C(O)CCC1CC1)N1CCOCC1. The maximum atomic E-state index is 10.5. The predicted octanol–water partition coefficient (Wildman–Crippen LogP) is 2.04. The van der Waals surface area contributed by atoms with Crippen LogP contribution < -0.4 is 0 Å². The Balaban J connectivity index is 1.89. The Morgan fingerprint density at radius 2 is 2.00 bits per heavy atom. The Bertz CT molecular complexity index is 236. The van der Waals surface area contributed by atoms with E-state index in [2.05, 4.69) is 18.7 Å². The molecule has 100 valence electrons. The number of nitrogens with zero attached hydrogens (tertiary/aromatic N) is 1. The fourth-order valence-electron chi connectivity index (χ4n) is 2.86. The van der Waals surface area contributed by atoms with Gasteiger partial charge in [0, 0.05) is 18.6 Å². The van der Waals surface area contributed by atoms with E-state index in [1.165, 1.54) is 19.3 Å². The molecule has 2 rings (SSSR count). The number of hydrogen-bond acceptors (Lipinski definition) is 3. The molecular formula is C14H27NO2. The summed E-state index contributed by atoms with van der Waals surface area (Å²) in [6, 6.07) is 0.